The average Bonchev–Trinajstić information content (AvgIpc) is 2.93. The van der Waals surface area contributed by atoms with Crippen molar-refractivity contribution in [3.8, 4) is 0 Å². The predicted octanol–water partition coefficient (Wildman–Crippen LogP) is 3.60. The van der Waals surface area contributed by atoms with E-state index in [4.69, 9.17) is 0 Å². The van der Waals surface area contributed by atoms with Crippen LogP contribution in [-0.2, 0) is 4.79 Å². The Bertz CT molecular complexity index is 657. The maximum atomic E-state index is 13.1. The van der Waals surface area contributed by atoms with Crippen molar-refractivity contribution in [3.63, 3.8) is 0 Å². The number of hydrogen-bond donors (Lipinski definition) is 0. The summed E-state index contributed by atoms with van der Waals surface area (Å²) in [4.78, 5) is 15.3. The van der Waals surface area contributed by atoms with Gasteiger partial charge in [-0.15, -0.1) is 0 Å². The van der Waals surface area contributed by atoms with E-state index >= 15 is 0 Å². The lowest BCUT2D eigenvalue weighted by Gasteiger charge is -2.05. The second kappa shape index (κ2) is 6.20. The van der Waals surface area contributed by atoms with Crippen molar-refractivity contribution in [1.29, 1.82) is 0 Å². The van der Waals surface area contributed by atoms with Crippen molar-refractivity contribution < 1.29 is 13.4 Å². The lowest BCUT2D eigenvalue weighted by molar-refractivity contribution is -0.116. The molecule has 2 heterocycles. The smallest absolute Gasteiger partial charge is 0.329 e. The molecule has 21 heavy (non-hydrogen) atoms. The molecule has 0 bridgehead atoms. The highest BCUT2D eigenvalue weighted by Gasteiger charge is 2.23. The molecule has 0 saturated heterocycles. The van der Waals surface area contributed by atoms with Gasteiger partial charge in [0.2, 0.25) is 0 Å². The molecule has 0 fully saturated rings. The van der Waals surface area contributed by atoms with Gasteiger partial charge in [0.15, 0.2) is 0 Å². The Balaban J connectivity index is 2.26. The van der Waals surface area contributed by atoms with E-state index in [2.05, 4.69) is 4.99 Å². The average molecular weight is 290 g/mol. The van der Waals surface area contributed by atoms with Crippen LogP contribution in [0.4, 0.5) is 8.63 Å². The highest BCUT2D eigenvalue weighted by molar-refractivity contribution is 6.41. The summed E-state index contributed by atoms with van der Waals surface area (Å²) in [7, 11) is -2.57. The van der Waals surface area contributed by atoms with Gasteiger partial charge in [0.05, 0.1) is 5.70 Å². The molecule has 0 amide bonds. The summed E-state index contributed by atoms with van der Waals surface area (Å²) >= 11 is 0. The van der Waals surface area contributed by atoms with Crippen LogP contribution in [0.15, 0.2) is 28.9 Å². The van der Waals surface area contributed by atoms with Gasteiger partial charge in [-0.25, -0.2) is 0 Å². The Morgan fingerprint density at radius 3 is 2.71 bits per heavy atom. The highest BCUT2D eigenvalue weighted by Crippen LogP contribution is 2.22. The number of allylic oxidation sites excluding steroid dienone is 2. The van der Waals surface area contributed by atoms with E-state index in [0.29, 0.717) is 29.9 Å². The molecule has 2 rings (SSSR count). The third-order valence-corrected chi connectivity index (χ3v) is 3.40. The van der Waals surface area contributed by atoms with Crippen molar-refractivity contribution in [2.24, 2.45) is 4.99 Å². The molecule has 0 N–H and O–H groups in total. The van der Waals surface area contributed by atoms with E-state index in [-0.39, 0.29) is 5.78 Å². The molecule has 0 aromatic carbocycles. The molecular formula is C15H17BF2N2O. The van der Waals surface area contributed by atoms with Gasteiger partial charge < -0.3 is 9.27 Å². The summed E-state index contributed by atoms with van der Waals surface area (Å²) in [5.74, 6) is 0.113. The molecule has 1 aromatic rings. The Morgan fingerprint density at radius 1 is 1.38 bits per heavy atom. The summed E-state index contributed by atoms with van der Waals surface area (Å²) in [6, 6.07) is 1.73. The molecular weight excluding hydrogens is 273 g/mol. The molecule has 0 aliphatic carbocycles. The Hall–Kier alpha value is -1.98. The maximum absolute atomic E-state index is 13.1. The summed E-state index contributed by atoms with van der Waals surface area (Å²) < 4.78 is 27.2. The molecule has 0 spiro atoms. The molecule has 0 atom stereocenters. The first kappa shape index (κ1) is 15.4. The van der Waals surface area contributed by atoms with Crippen molar-refractivity contribution in [3.05, 3.63) is 40.9 Å². The number of carbonyl (C=O) groups excluding carboxylic acids is 1. The first-order valence-electron chi connectivity index (χ1n) is 6.82. The van der Waals surface area contributed by atoms with Gasteiger partial charge >= 0.3 is 7.40 Å². The van der Waals surface area contributed by atoms with E-state index in [1.54, 1.807) is 32.1 Å². The van der Waals surface area contributed by atoms with Gasteiger partial charge in [0.25, 0.3) is 0 Å². The number of aliphatic imine (C=N–C) groups is 1. The number of rotatable bonds is 5. The largest absolute Gasteiger partial charge is 0.677 e. The van der Waals surface area contributed by atoms with E-state index < -0.39 is 7.40 Å². The summed E-state index contributed by atoms with van der Waals surface area (Å²) in [5.41, 5.74) is 3.23. The van der Waals surface area contributed by atoms with E-state index in [1.165, 1.54) is 6.92 Å². The van der Waals surface area contributed by atoms with Gasteiger partial charge in [0, 0.05) is 23.5 Å². The number of hydrogen-bond acceptors (Lipinski definition) is 2. The van der Waals surface area contributed by atoms with E-state index in [1.807, 2.05) is 6.08 Å². The summed E-state index contributed by atoms with van der Waals surface area (Å²) in [5, 5.41) is 0. The zero-order valence-corrected chi connectivity index (χ0v) is 12.4. The number of aromatic nitrogens is 1. The Kier molecular flexibility index (Phi) is 4.55. The number of aryl methyl sites for hydroxylation is 2. The Morgan fingerprint density at radius 2 is 2.10 bits per heavy atom. The van der Waals surface area contributed by atoms with Crippen LogP contribution < -0.4 is 0 Å². The fraction of sp³-hybridized carbons (Fsp3) is 0.333. The van der Waals surface area contributed by atoms with Crippen LogP contribution >= 0.6 is 0 Å². The van der Waals surface area contributed by atoms with Crippen LogP contribution in [0.3, 0.4) is 0 Å². The number of nitrogens with zero attached hydrogens (tertiary/aromatic N) is 2. The van der Waals surface area contributed by atoms with Crippen molar-refractivity contribution >= 4 is 25.0 Å². The second-order valence-corrected chi connectivity index (χ2v) is 5.21. The molecule has 0 radical (unpaired) electrons. The zero-order chi connectivity index (χ0) is 15.6. The lowest BCUT2D eigenvalue weighted by atomic mass is 10.1. The first-order chi connectivity index (χ1) is 9.88. The Labute approximate surface area is 123 Å². The number of halogens is 2. The maximum Gasteiger partial charge on any atom is 0.677 e. The van der Waals surface area contributed by atoms with Crippen LogP contribution in [0.25, 0.3) is 6.08 Å². The minimum absolute atomic E-state index is 0.113. The second-order valence-electron chi connectivity index (χ2n) is 5.21. The third-order valence-electron chi connectivity index (χ3n) is 3.40. The van der Waals surface area contributed by atoms with Crippen molar-refractivity contribution in [2.45, 2.75) is 33.6 Å². The normalized spacial score (nSPS) is 15.7. The third kappa shape index (κ3) is 3.57. The number of carbonyl (C=O) groups is 1. The quantitative estimate of drug-likeness (QED) is 0.763. The van der Waals surface area contributed by atoms with Crippen LogP contribution in [0, 0.1) is 13.8 Å². The van der Waals surface area contributed by atoms with Gasteiger partial charge in [-0.1, -0.05) is 0 Å². The standard InChI is InChI=1S/C15H17BF2N2O/c1-10-8-11(2)20(16(17)18)15(10)9-14-7-6-13(19-14)5-4-12(3)21/h6-9H,4-5H2,1-3H3/b14-9-. The van der Waals surface area contributed by atoms with Crippen molar-refractivity contribution in [1.82, 2.24) is 4.48 Å². The molecule has 1 aromatic heterocycles. The van der Waals surface area contributed by atoms with Gasteiger partial charge in [-0.05, 0) is 57.0 Å². The number of Topliss-reactive ketones (excluding diaryl/α,β-unsaturated/α-hetero) is 1. The highest BCUT2D eigenvalue weighted by atomic mass is 19.2. The molecule has 3 nitrogen and oxygen atoms in total. The van der Waals surface area contributed by atoms with Gasteiger partial charge in [-0.3, -0.25) is 13.6 Å². The molecule has 0 saturated carbocycles. The van der Waals surface area contributed by atoms with E-state index in [9.17, 15) is 13.4 Å². The minimum atomic E-state index is -2.57. The fourth-order valence-electron chi connectivity index (χ4n) is 2.36. The summed E-state index contributed by atoms with van der Waals surface area (Å²) in [6.07, 6.45) is 6.30. The topological polar surface area (TPSA) is 34.4 Å². The van der Waals surface area contributed by atoms with Crippen molar-refractivity contribution in [2.75, 3.05) is 0 Å². The van der Waals surface area contributed by atoms with Gasteiger partial charge in [0.1, 0.15) is 5.78 Å². The lowest BCUT2D eigenvalue weighted by Crippen LogP contribution is -2.16. The predicted molar refractivity (Wildman–Crippen MR) is 81.7 cm³/mol. The number of ketones is 1. The summed E-state index contributed by atoms with van der Waals surface area (Å²) in [6.45, 7) is 5.00. The first-order valence-corrected chi connectivity index (χ1v) is 6.82. The molecule has 1 aliphatic rings. The fourth-order valence-corrected chi connectivity index (χ4v) is 2.36. The minimum Gasteiger partial charge on any atom is -0.329 e. The molecule has 6 heteroatoms. The van der Waals surface area contributed by atoms with E-state index in [0.717, 1.165) is 15.8 Å². The molecule has 1 aliphatic heterocycles. The monoisotopic (exact) mass is 290 g/mol. The molecule has 0 unspecified atom stereocenters. The molecule has 110 valence electrons. The van der Waals surface area contributed by atoms with Crippen LogP contribution in [-0.4, -0.2) is 23.4 Å². The van der Waals surface area contributed by atoms with Crippen LogP contribution in [0.5, 0.6) is 0 Å². The van der Waals surface area contributed by atoms with Crippen LogP contribution in [0.2, 0.25) is 0 Å². The zero-order valence-electron chi connectivity index (χ0n) is 12.4. The SMILES string of the molecule is CC(=O)CCC1=N/C(=C\c2c(C)cc(C)n2B(F)F)C=C1. The van der Waals surface area contributed by atoms with Gasteiger partial charge in [-0.2, -0.15) is 0 Å². The van der Waals surface area contributed by atoms with Crippen LogP contribution in [0.1, 0.15) is 36.7 Å².